The van der Waals surface area contributed by atoms with Gasteiger partial charge in [-0.05, 0) is 6.42 Å². The van der Waals surface area contributed by atoms with E-state index in [2.05, 4.69) is 4.98 Å². The molecule has 2 aromatic heterocycles. The van der Waals surface area contributed by atoms with E-state index in [1.165, 1.54) is 4.40 Å². The van der Waals surface area contributed by atoms with E-state index in [-0.39, 0.29) is 16.3 Å². The van der Waals surface area contributed by atoms with Crippen molar-refractivity contribution in [1.82, 2.24) is 9.38 Å². The minimum Gasteiger partial charge on any atom is -0.476 e. The van der Waals surface area contributed by atoms with Gasteiger partial charge < -0.3 is 5.11 Å². The Morgan fingerprint density at radius 2 is 2.24 bits per heavy atom. The molecule has 0 aromatic carbocycles. The summed E-state index contributed by atoms with van der Waals surface area (Å²) in [6, 6.07) is 0. The summed E-state index contributed by atoms with van der Waals surface area (Å²) in [5, 5.41) is 8.85. The van der Waals surface area contributed by atoms with Gasteiger partial charge in [0.1, 0.15) is 4.88 Å². The van der Waals surface area contributed by atoms with E-state index in [9.17, 15) is 18.0 Å². The molecule has 0 aliphatic rings. The molecule has 0 atom stereocenters. The fourth-order valence-corrected chi connectivity index (χ4v) is 2.40. The summed E-state index contributed by atoms with van der Waals surface area (Å²) in [7, 11) is 0. The summed E-state index contributed by atoms with van der Waals surface area (Å²) >= 11 is 0.436. The number of hydrogen-bond acceptors (Lipinski definition) is 3. The molecule has 2 aromatic rings. The van der Waals surface area contributed by atoms with Gasteiger partial charge in [0.25, 0.3) is 0 Å². The number of aryl methyl sites for hydroxylation is 1. The molecule has 4 nitrogen and oxygen atoms in total. The standard InChI is InChI=1S/C9H7F3N2O2S/c1-2-4-6(7(15)16)13-8-14(4)3-5(17-8)9(10,11)12/h3H,2H2,1H3,(H,15,16). The molecule has 0 unspecified atom stereocenters. The molecular formula is C9H7F3N2O2S. The molecule has 0 bridgehead atoms. The lowest BCUT2D eigenvalue weighted by molar-refractivity contribution is -0.134. The van der Waals surface area contributed by atoms with Crippen molar-refractivity contribution in [3.63, 3.8) is 0 Å². The summed E-state index contributed by atoms with van der Waals surface area (Å²) < 4.78 is 38.5. The lowest BCUT2D eigenvalue weighted by Crippen LogP contribution is -2.04. The molecule has 0 saturated carbocycles. The predicted molar refractivity (Wildman–Crippen MR) is 54.4 cm³/mol. The molecule has 2 heterocycles. The largest absolute Gasteiger partial charge is 0.476 e. The minimum atomic E-state index is -4.43. The molecule has 17 heavy (non-hydrogen) atoms. The number of thiazole rings is 1. The molecule has 0 aliphatic heterocycles. The van der Waals surface area contributed by atoms with E-state index in [0.717, 1.165) is 6.20 Å². The topological polar surface area (TPSA) is 54.6 Å². The van der Waals surface area contributed by atoms with E-state index in [1.807, 2.05) is 0 Å². The number of halogens is 3. The van der Waals surface area contributed by atoms with Gasteiger partial charge in [-0.2, -0.15) is 13.2 Å². The Kier molecular flexibility index (Phi) is 2.61. The minimum absolute atomic E-state index is 0.0478. The maximum Gasteiger partial charge on any atom is 0.427 e. The summed E-state index contributed by atoms with van der Waals surface area (Å²) in [5.41, 5.74) is 0.0896. The van der Waals surface area contributed by atoms with Crippen LogP contribution in [0.5, 0.6) is 0 Å². The second kappa shape index (κ2) is 3.73. The van der Waals surface area contributed by atoms with Gasteiger partial charge in [0, 0.05) is 6.20 Å². The smallest absolute Gasteiger partial charge is 0.427 e. The molecule has 0 aliphatic carbocycles. The fraction of sp³-hybridized carbons (Fsp3) is 0.333. The maximum absolute atomic E-state index is 12.5. The Morgan fingerprint density at radius 3 is 2.71 bits per heavy atom. The third-order valence-corrected chi connectivity index (χ3v) is 3.27. The van der Waals surface area contributed by atoms with Crippen molar-refractivity contribution in [3.8, 4) is 0 Å². The lowest BCUT2D eigenvalue weighted by Gasteiger charge is -2.00. The summed E-state index contributed by atoms with van der Waals surface area (Å²) in [4.78, 5) is 13.8. The van der Waals surface area contributed by atoms with Gasteiger partial charge in [-0.25, -0.2) is 9.78 Å². The molecule has 1 N–H and O–H groups in total. The molecule has 92 valence electrons. The fourth-order valence-electron chi connectivity index (χ4n) is 1.53. The van der Waals surface area contributed by atoms with E-state index < -0.39 is 17.0 Å². The van der Waals surface area contributed by atoms with Crippen LogP contribution in [0.2, 0.25) is 0 Å². The number of rotatable bonds is 2. The predicted octanol–water partition coefficient (Wildman–Crippen LogP) is 2.68. The Morgan fingerprint density at radius 1 is 1.59 bits per heavy atom. The Balaban J connectivity index is 2.65. The molecule has 0 fully saturated rings. The lowest BCUT2D eigenvalue weighted by atomic mass is 10.2. The van der Waals surface area contributed by atoms with Gasteiger partial charge in [-0.1, -0.05) is 18.3 Å². The number of hydrogen-bond donors (Lipinski definition) is 1. The molecule has 0 spiro atoms. The zero-order valence-corrected chi connectivity index (χ0v) is 9.39. The number of aromatic carboxylic acids is 1. The van der Waals surface area contributed by atoms with Crippen molar-refractivity contribution in [2.75, 3.05) is 0 Å². The van der Waals surface area contributed by atoms with Crippen LogP contribution in [0, 0.1) is 0 Å². The number of fused-ring (bicyclic) bond motifs is 1. The van der Waals surface area contributed by atoms with E-state index >= 15 is 0 Å². The third kappa shape index (κ3) is 1.88. The van der Waals surface area contributed by atoms with Crippen LogP contribution >= 0.6 is 11.3 Å². The highest BCUT2D eigenvalue weighted by Crippen LogP contribution is 2.35. The van der Waals surface area contributed by atoms with Crippen LogP contribution < -0.4 is 0 Å². The first-order chi connectivity index (χ1) is 7.84. The van der Waals surface area contributed by atoms with E-state index in [4.69, 9.17) is 5.11 Å². The van der Waals surface area contributed by atoms with Gasteiger partial charge in [-0.3, -0.25) is 4.40 Å². The van der Waals surface area contributed by atoms with Crippen LogP contribution in [0.25, 0.3) is 4.96 Å². The number of nitrogens with zero attached hydrogens (tertiary/aromatic N) is 2. The Hall–Kier alpha value is -1.57. The highest BCUT2D eigenvalue weighted by atomic mass is 32.1. The number of imidazole rings is 1. The normalized spacial score (nSPS) is 12.2. The zero-order chi connectivity index (χ0) is 12.8. The van der Waals surface area contributed by atoms with Crippen LogP contribution in [-0.2, 0) is 12.6 Å². The first-order valence-corrected chi connectivity index (χ1v) is 5.47. The highest BCUT2D eigenvalue weighted by molar-refractivity contribution is 7.17. The van der Waals surface area contributed by atoms with Crippen molar-refractivity contribution in [3.05, 3.63) is 22.5 Å². The number of carboxylic acid groups (broad SMARTS) is 1. The quantitative estimate of drug-likeness (QED) is 0.907. The second-order valence-electron chi connectivity index (χ2n) is 3.31. The molecule has 2 rings (SSSR count). The van der Waals surface area contributed by atoms with Gasteiger partial charge in [0.05, 0.1) is 5.69 Å². The van der Waals surface area contributed by atoms with Crippen molar-refractivity contribution in [2.24, 2.45) is 0 Å². The Bertz CT molecular complexity index is 585. The second-order valence-corrected chi connectivity index (χ2v) is 4.32. The number of alkyl halides is 3. The average molecular weight is 264 g/mol. The van der Waals surface area contributed by atoms with Crippen molar-refractivity contribution in [1.29, 1.82) is 0 Å². The summed E-state index contributed by atoms with van der Waals surface area (Å²) in [5.74, 6) is -1.23. The van der Waals surface area contributed by atoms with E-state index in [1.54, 1.807) is 6.92 Å². The van der Waals surface area contributed by atoms with E-state index in [0.29, 0.717) is 17.8 Å². The number of carbonyl (C=O) groups is 1. The first kappa shape index (κ1) is 11.9. The van der Waals surface area contributed by atoms with Crippen LogP contribution in [0.15, 0.2) is 6.20 Å². The summed E-state index contributed by atoms with van der Waals surface area (Å²) in [6.45, 7) is 1.67. The summed E-state index contributed by atoms with van der Waals surface area (Å²) in [6.07, 6.45) is -3.24. The van der Waals surface area contributed by atoms with Gasteiger partial charge in [0.2, 0.25) is 0 Å². The van der Waals surface area contributed by atoms with Crippen LogP contribution in [0.1, 0.15) is 28.0 Å². The van der Waals surface area contributed by atoms with Crippen LogP contribution in [-0.4, -0.2) is 20.5 Å². The monoisotopic (exact) mass is 264 g/mol. The van der Waals surface area contributed by atoms with Crippen LogP contribution in [0.3, 0.4) is 0 Å². The molecule has 0 radical (unpaired) electrons. The van der Waals surface area contributed by atoms with Crippen molar-refractivity contribution < 1.29 is 23.1 Å². The number of aromatic nitrogens is 2. The third-order valence-electron chi connectivity index (χ3n) is 2.24. The first-order valence-electron chi connectivity index (χ1n) is 4.65. The molecule has 0 saturated heterocycles. The van der Waals surface area contributed by atoms with Crippen molar-refractivity contribution >= 4 is 22.3 Å². The number of carboxylic acids is 1. The molecular weight excluding hydrogens is 257 g/mol. The maximum atomic E-state index is 12.5. The average Bonchev–Trinajstić information content (AvgIpc) is 2.71. The highest BCUT2D eigenvalue weighted by Gasteiger charge is 2.34. The van der Waals surface area contributed by atoms with Gasteiger partial charge in [-0.15, -0.1) is 0 Å². The van der Waals surface area contributed by atoms with Gasteiger partial charge in [0.15, 0.2) is 10.7 Å². The molecule has 0 amide bonds. The van der Waals surface area contributed by atoms with Crippen molar-refractivity contribution in [2.45, 2.75) is 19.5 Å². The SMILES string of the molecule is CCc1c(C(=O)O)nc2sc(C(F)(F)F)cn12. The van der Waals surface area contributed by atoms with Crippen LogP contribution in [0.4, 0.5) is 13.2 Å². The van der Waals surface area contributed by atoms with Gasteiger partial charge >= 0.3 is 12.1 Å². The Labute approximate surface area is 97.3 Å². The molecule has 8 heteroatoms. The zero-order valence-electron chi connectivity index (χ0n) is 8.58.